The minimum atomic E-state index is 0.428. The van der Waals surface area contributed by atoms with Crippen LogP contribution in [0.2, 0.25) is 0 Å². The molecule has 2 heterocycles. The molecular formula is C27H33BrN4S. The smallest absolute Gasteiger partial charge is 0.191 e. The van der Waals surface area contributed by atoms with Crippen molar-refractivity contribution in [2.45, 2.75) is 50.1 Å². The van der Waals surface area contributed by atoms with E-state index in [1.807, 2.05) is 11.8 Å². The van der Waals surface area contributed by atoms with Crippen LogP contribution in [-0.2, 0) is 12.5 Å². The minimum Gasteiger partial charge on any atom is -0.305 e. The number of benzene rings is 1. The number of halogens is 1. The van der Waals surface area contributed by atoms with Crippen LogP contribution in [0.4, 0.5) is 0 Å². The molecule has 0 amide bonds. The molecule has 0 N–H and O–H groups in total. The molecule has 0 radical (unpaired) electrons. The molecule has 1 aromatic carbocycles. The van der Waals surface area contributed by atoms with Gasteiger partial charge in [-0.1, -0.05) is 63.6 Å². The average molecular weight is 526 g/mol. The van der Waals surface area contributed by atoms with Crippen LogP contribution in [0.25, 0.3) is 5.57 Å². The van der Waals surface area contributed by atoms with Gasteiger partial charge >= 0.3 is 0 Å². The Labute approximate surface area is 210 Å². The largest absolute Gasteiger partial charge is 0.305 e. The lowest BCUT2D eigenvalue weighted by Gasteiger charge is -2.21. The van der Waals surface area contributed by atoms with Crippen LogP contribution in [0.3, 0.4) is 0 Å². The lowest BCUT2D eigenvalue weighted by Crippen LogP contribution is -2.27. The van der Waals surface area contributed by atoms with E-state index in [0.29, 0.717) is 5.41 Å². The highest BCUT2D eigenvalue weighted by Gasteiger charge is 2.60. The number of rotatable bonds is 7. The van der Waals surface area contributed by atoms with Gasteiger partial charge in [0.05, 0.1) is 0 Å². The molecule has 2 fully saturated rings. The van der Waals surface area contributed by atoms with Gasteiger partial charge in [0.1, 0.15) is 0 Å². The Morgan fingerprint density at radius 2 is 1.97 bits per heavy atom. The normalized spacial score (nSPS) is 29.8. The van der Waals surface area contributed by atoms with Crippen LogP contribution >= 0.6 is 27.7 Å². The zero-order valence-corrected chi connectivity index (χ0v) is 22.3. The molecule has 1 saturated carbocycles. The third-order valence-electron chi connectivity index (χ3n) is 7.56. The number of likely N-dealkylation sites (tertiary alicyclic amines) is 1. The number of hydrogen-bond acceptors (Lipinski definition) is 4. The highest BCUT2D eigenvalue weighted by Crippen LogP contribution is 2.59. The predicted octanol–water partition coefficient (Wildman–Crippen LogP) is 6.40. The molecule has 6 heteroatoms. The van der Waals surface area contributed by atoms with Gasteiger partial charge < -0.3 is 9.47 Å². The third-order valence-corrected chi connectivity index (χ3v) is 9.20. The Kier molecular flexibility index (Phi) is 6.69. The van der Waals surface area contributed by atoms with Gasteiger partial charge in [0.2, 0.25) is 0 Å². The van der Waals surface area contributed by atoms with Crippen molar-refractivity contribution < 1.29 is 0 Å². The Morgan fingerprint density at radius 1 is 1.15 bits per heavy atom. The topological polar surface area (TPSA) is 34.0 Å². The van der Waals surface area contributed by atoms with Gasteiger partial charge in [0.25, 0.3) is 0 Å². The van der Waals surface area contributed by atoms with Crippen LogP contribution < -0.4 is 0 Å². The van der Waals surface area contributed by atoms with Crippen LogP contribution in [-0.4, -0.2) is 45.1 Å². The van der Waals surface area contributed by atoms with Crippen molar-refractivity contribution in [3.8, 4) is 0 Å². The summed E-state index contributed by atoms with van der Waals surface area (Å²) in [6.07, 6.45) is 11.2. The molecule has 2 atom stereocenters. The maximum Gasteiger partial charge on any atom is 0.191 e. The number of fused-ring (bicyclic) bond motifs is 1. The summed E-state index contributed by atoms with van der Waals surface area (Å²) in [5.41, 5.74) is 5.97. The van der Waals surface area contributed by atoms with Crippen molar-refractivity contribution in [1.82, 2.24) is 19.7 Å². The summed E-state index contributed by atoms with van der Waals surface area (Å²) in [6.45, 7) is 8.03. The van der Waals surface area contributed by atoms with Gasteiger partial charge in [-0.2, -0.15) is 0 Å². The fourth-order valence-electron chi connectivity index (χ4n) is 5.49. The highest BCUT2D eigenvalue weighted by atomic mass is 79.9. The quantitative estimate of drug-likeness (QED) is 0.309. The van der Waals surface area contributed by atoms with E-state index in [9.17, 15) is 0 Å². The van der Waals surface area contributed by atoms with Crippen LogP contribution in [0.5, 0.6) is 0 Å². The molecule has 1 aliphatic heterocycles. The van der Waals surface area contributed by atoms with E-state index in [2.05, 4.69) is 99.0 Å². The Bertz CT molecular complexity index is 1110. The second-order valence-corrected chi connectivity index (χ2v) is 11.9. The number of thioether (sulfide) groups is 1. The molecule has 33 heavy (non-hydrogen) atoms. The zero-order chi connectivity index (χ0) is 23.0. The van der Waals surface area contributed by atoms with Crippen molar-refractivity contribution in [3.63, 3.8) is 0 Å². The van der Waals surface area contributed by atoms with Gasteiger partial charge in [0.15, 0.2) is 11.0 Å². The molecule has 2 aliphatic carbocycles. The third kappa shape index (κ3) is 4.80. The van der Waals surface area contributed by atoms with E-state index in [1.54, 1.807) is 0 Å². The second-order valence-electron chi connectivity index (χ2n) is 9.90. The van der Waals surface area contributed by atoms with Crippen molar-refractivity contribution in [2.24, 2.45) is 13.0 Å². The number of hydrogen-bond donors (Lipinski definition) is 0. The molecule has 174 valence electrons. The van der Waals surface area contributed by atoms with Crippen molar-refractivity contribution in [1.29, 1.82) is 0 Å². The Hall–Kier alpha value is -1.63. The first-order valence-corrected chi connectivity index (χ1v) is 13.8. The molecule has 0 bridgehead atoms. The summed E-state index contributed by atoms with van der Waals surface area (Å²) in [5, 5.41) is 10.1. The first-order chi connectivity index (χ1) is 16.0. The van der Waals surface area contributed by atoms with Crippen molar-refractivity contribution in [3.05, 3.63) is 69.5 Å². The lowest BCUT2D eigenvalue weighted by atomic mass is 9.95. The minimum absolute atomic E-state index is 0.428. The fourth-order valence-corrected chi connectivity index (χ4v) is 6.59. The maximum absolute atomic E-state index is 4.58. The van der Waals surface area contributed by atoms with E-state index < -0.39 is 0 Å². The molecule has 0 unspecified atom stereocenters. The van der Waals surface area contributed by atoms with Crippen LogP contribution in [0.1, 0.15) is 50.9 Å². The molecule has 1 aromatic heterocycles. The fraction of sp³-hybridized carbons (Fsp3) is 0.481. The van der Waals surface area contributed by atoms with E-state index in [-0.39, 0.29) is 0 Å². The van der Waals surface area contributed by atoms with E-state index in [0.717, 1.165) is 35.5 Å². The van der Waals surface area contributed by atoms with Gasteiger partial charge in [-0.3, -0.25) is 0 Å². The average Bonchev–Trinajstić information content (AvgIpc) is 3.17. The highest BCUT2D eigenvalue weighted by molar-refractivity contribution is 9.10. The first-order valence-electron chi connectivity index (χ1n) is 12.0. The van der Waals surface area contributed by atoms with E-state index in [1.165, 1.54) is 59.2 Å². The van der Waals surface area contributed by atoms with Gasteiger partial charge in [0, 0.05) is 41.4 Å². The van der Waals surface area contributed by atoms with Gasteiger partial charge in [-0.15, -0.1) is 10.2 Å². The summed E-state index contributed by atoms with van der Waals surface area (Å²) >= 11 is 5.41. The molecule has 4 nitrogen and oxygen atoms in total. The standard InChI is InChI=1S/C27H33BrN4S/c1-19-6-4-7-20(2)24(13-8-19)25-29-30-26(31(25)3)33-15-5-14-32-17-22-16-27(22,18-32)21-9-11-23(28)12-10-21/h4,6-7,9-12,22H,5,8,13-18H2,1-3H3/b7-4-,19-6+,24-20+/t22-,27+/m0/s1. The molecule has 1 saturated heterocycles. The maximum atomic E-state index is 4.58. The molecule has 5 rings (SSSR count). The van der Waals surface area contributed by atoms with Crippen molar-refractivity contribution in [2.75, 3.05) is 25.4 Å². The van der Waals surface area contributed by atoms with E-state index >= 15 is 0 Å². The molecular weight excluding hydrogens is 492 g/mol. The summed E-state index contributed by atoms with van der Waals surface area (Å²) in [6, 6.07) is 9.01. The molecule has 3 aliphatic rings. The zero-order valence-electron chi connectivity index (χ0n) is 19.9. The lowest BCUT2D eigenvalue weighted by molar-refractivity contribution is 0.299. The van der Waals surface area contributed by atoms with Gasteiger partial charge in [-0.05, 0) is 75.3 Å². The number of piperidine rings is 1. The monoisotopic (exact) mass is 524 g/mol. The Balaban J connectivity index is 1.14. The second kappa shape index (κ2) is 9.55. The number of allylic oxidation sites excluding steroid dienone is 6. The summed E-state index contributed by atoms with van der Waals surface area (Å²) in [5.74, 6) is 2.95. The molecule has 0 spiro atoms. The number of aromatic nitrogens is 3. The van der Waals surface area contributed by atoms with Gasteiger partial charge in [-0.25, -0.2) is 0 Å². The summed E-state index contributed by atoms with van der Waals surface area (Å²) in [7, 11) is 2.11. The summed E-state index contributed by atoms with van der Waals surface area (Å²) in [4.78, 5) is 2.67. The predicted molar refractivity (Wildman–Crippen MR) is 141 cm³/mol. The van der Waals surface area contributed by atoms with Crippen molar-refractivity contribution >= 4 is 33.3 Å². The molecule has 2 aromatic rings. The number of nitrogens with zero attached hydrogens (tertiary/aromatic N) is 4. The summed E-state index contributed by atoms with van der Waals surface area (Å²) < 4.78 is 3.36. The SMILES string of the molecule is C\C1=C/C=C\C(C)=C(\c2nnc(SCCCN3C[C@@H]4C[C@]4(c4ccc(Br)cc4)C3)n2C)CC1. The van der Waals surface area contributed by atoms with Crippen LogP contribution in [0.15, 0.2) is 63.3 Å². The Morgan fingerprint density at radius 3 is 2.79 bits per heavy atom. The van der Waals surface area contributed by atoms with E-state index in [4.69, 9.17) is 0 Å². The van der Waals surface area contributed by atoms with Crippen LogP contribution in [0, 0.1) is 5.92 Å². The first kappa shape index (κ1) is 23.1.